The maximum Gasteiger partial charge on any atom is 0.350 e. The second-order valence-corrected chi connectivity index (χ2v) is 16.9. The van der Waals surface area contributed by atoms with Crippen LogP contribution in [0.4, 0.5) is 0 Å². The molecular weight excluding hydrogens is 685 g/mol. The molecule has 48 heavy (non-hydrogen) atoms. The van der Waals surface area contributed by atoms with Crippen LogP contribution in [0, 0.1) is 34.5 Å². The van der Waals surface area contributed by atoms with Crippen molar-refractivity contribution >= 4 is 59.0 Å². The van der Waals surface area contributed by atoms with Gasteiger partial charge in [0.15, 0.2) is 11.1 Å². The Morgan fingerprint density at radius 1 is 0.625 bits per heavy atom. The Hall–Kier alpha value is -2.38. The van der Waals surface area contributed by atoms with E-state index in [1.165, 1.54) is 47.0 Å². The van der Waals surface area contributed by atoms with Crippen molar-refractivity contribution in [2.45, 2.75) is 139 Å². The van der Waals surface area contributed by atoms with E-state index in [2.05, 4.69) is 39.8 Å². The standard InChI is InChI=1S/C36H48N2O6S4/c1-9-13-15-23(11-3)19-41-33(39)25(17-37)35-45-29-27(43-21(5)6)31-32(28(30(29)46-35)44-22(7)8)48-36(47-31)26(18-38)34(40)42-20-24(12-4)16-14-10-2/h21-24H,9-16,19-20H2,1-8H3. The van der Waals surface area contributed by atoms with Gasteiger partial charge in [-0.3, -0.25) is 0 Å². The Kier molecular flexibility index (Phi) is 16.5. The molecule has 0 saturated heterocycles. The van der Waals surface area contributed by atoms with Gasteiger partial charge in [-0.2, -0.15) is 10.5 Å². The number of nitriles is 2. The maximum atomic E-state index is 13.2. The average Bonchev–Trinajstić information content (AvgIpc) is 3.69. The zero-order valence-corrected chi connectivity index (χ0v) is 32.6. The van der Waals surface area contributed by atoms with Crippen molar-refractivity contribution in [3.8, 4) is 23.6 Å². The summed E-state index contributed by atoms with van der Waals surface area (Å²) in [6.45, 7) is 16.7. The molecular formula is C36H48N2O6S4. The van der Waals surface area contributed by atoms with Crippen molar-refractivity contribution < 1.29 is 28.5 Å². The van der Waals surface area contributed by atoms with Crippen LogP contribution in [0.2, 0.25) is 0 Å². The van der Waals surface area contributed by atoms with E-state index < -0.39 is 11.9 Å². The molecule has 0 N–H and O–H groups in total. The first-order valence-electron chi connectivity index (χ1n) is 16.9. The fraction of sp³-hybridized carbons (Fsp3) is 0.611. The molecule has 2 aliphatic heterocycles. The number of carbonyl (C=O) groups is 2. The predicted molar refractivity (Wildman–Crippen MR) is 195 cm³/mol. The lowest BCUT2D eigenvalue weighted by Gasteiger charge is -2.20. The lowest BCUT2D eigenvalue weighted by atomic mass is 10.0. The van der Waals surface area contributed by atoms with Crippen molar-refractivity contribution in [2.24, 2.45) is 11.8 Å². The van der Waals surface area contributed by atoms with Crippen LogP contribution in [0.15, 0.2) is 39.2 Å². The Morgan fingerprint density at radius 2 is 0.958 bits per heavy atom. The molecule has 2 atom stereocenters. The molecule has 1 aromatic rings. The molecule has 2 heterocycles. The number of nitrogens with zero attached hydrogens (tertiary/aromatic N) is 2. The van der Waals surface area contributed by atoms with Crippen LogP contribution in [0.25, 0.3) is 0 Å². The van der Waals surface area contributed by atoms with Gasteiger partial charge in [-0.1, -0.05) is 113 Å². The summed E-state index contributed by atoms with van der Waals surface area (Å²) in [6.07, 6.45) is 7.61. The lowest BCUT2D eigenvalue weighted by Crippen LogP contribution is -2.15. The third-order valence-electron chi connectivity index (χ3n) is 7.75. The highest BCUT2D eigenvalue weighted by atomic mass is 32.2. The Balaban J connectivity index is 2.02. The first-order valence-corrected chi connectivity index (χ1v) is 20.2. The van der Waals surface area contributed by atoms with Crippen LogP contribution in [0.1, 0.15) is 107 Å². The number of rotatable bonds is 18. The molecule has 12 heteroatoms. The zero-order valence-electron chi connectivity index (χ0n) is 29.4. The minimum atomic E-state index is -0.633. The number of esters is 2. The van der Waals surface area contributed by atoms with E-state index in [9.17, 15) is 20.1 Å². The summed E-state index contributed by atoms with van der Waals surface area (Å²) in [5.41, 5.74) is -0.0881. The smallest absolute Gasteiger partial charge is 0.350 e. The Morgan fingerprint density at radius 3 is 1.21 bits per heavy atom. The summed E-state index contributed by atoms with van der Waals surface area (Å²) in [5.74, 6) is 0.373. The van der Waals surface area contributed by atoms with E-state index in [0.29, 0.717) is 20.0 Å². The van der Waals surface area contributed by atoms with Crippen molar-refractivity contribution in [2.75, 3.05) is 13.2 Å². The van der Waals surface area contributed by atoms with E-state index in [0.717, 1.165) is 70.9 Å². The molecule has 3 rings (SSSR count). The second kappa shape index (κ2) is 19.7. The van der Waals surface area contributed by atoms with Gasteiger partial charge in [0.1, 0.15) is 23.6 Å². The van der Waals surface area contributed by atoms with Crippen molar-refractivity contribution in [3.63, 3.8) is 0 Å². The lowest BCUT2D eigenvalue weighted by molar-refractivity contribution is -0.140. The molecule has 0 amide bonds. The quantitative estimate of drug-likeness (QED) is 0.0811. The minimum absolute atomic E-state index is 0.0441. The second-order valence-electron chi connectivity index (χ2n) is 12.3. The third kappa shape index (κ3) is 10.3. The normalized spacial score (nSPS) is 14.6. The fourth-order valence-electron chi connectivity index (χ4n) is 4.97. The summed E-state index contributed by atoms with van der Waals surface area (Å²) in [4.78, 5) is 29.4. The number of ether oxygens (including phenoxy) is 4. The molecule has 0 fully saturated rings. The first-order chi connectivity index (χ1) is 23.0. The molecule has 2 unspecified atom stereocenters. The Labute approximate surface area is 303 Å². The van der Waals surface area contributed by atoms with Gasteiger partial charge in [0.25, 0.3) is 0 Å². The number of benzene rings is 1. The molecule has 0 bridgehead atoms. The number of hydrogen-bond acceptors (Lipinski definition) is 12. The number of fused-ring (bicyclic) bond motifs is 2. The molecule has 2 aliphatic rings. The number of hydrogen-bond donors (Lipinski definition) is 0. The van der Waals surface area contributed by atoms with Crippen LogP contribution < -0.4 is 9.47 Å². The Bertz CT molecular complexity index is 1320. The minimum Gasteiger partial charge on any atom is -0.489 e. The predicted octanol–water partition coefficient (Wildman–Crippen LogP) is 10.6. The zero-order chi connectivity index (χ0) is 35.4. The molecule has 1 aromatic carbocycles. The number of thioether (sulfide) groups is 4. The maximum absolute atomic E-state index is 13.2. The van der Waals surface area contributed by atoms with Crippen LogP contribution >= 0.6 is 47.0 Å². The molecule has 8 nitrogen and oxygen atoms in total. The number of carbonyl (C=O) groups excluding carboxylic acids is 2. The largest absolute Gasteiger partial charge is 0.489 e. The highest BCUT2D eigenvalue weighted by Gasteiger charge is 2.40. The SMILES string of the molecule is CCCCC(CC)COC(=O)C(C#N)=C1Sc2c(OC(C)C)c3c(c(OC(C)C)c2S1)SC(=C(C#N)C(=O)OCC(CC)CCCC)S3. The molecule has 0 spiro atoms. The number of unbranched alkanes of at least 4 members (excludes halogenated alkanes) is 2. The van der Waals surface area contributed by atoms with Crippen molar-refractivity contribution in [3.05, 3.63) is 19.6 Å². The average molecular weight is 733 g/mol. The monoisotopic (exact) mass is 732 g/mol. The van der Waals surface area contributed by atoms with Gasteiger partial charge in [0, 0.05) is 0 Å². The van der Waals surface area contributed by atoms with Gasteiger partial charge in [0.2, 0.25) is 0 Å². The molecule has 0 aliphatic carbocycles. The molecule has 0 saturated carbocycles. The molecule has 262 valence electrons. The van der Waals surface area contributed by atoms with Crippen LogP contribution in [0.3, 0.4) is 0 Å². The molecule has 0 radical (unpaired) electrons. The van der Waals surface area contributed by atoms with Gasteiger partial charge in [0.05, 0.1) is 53.5 Å². The summed E-state index contributed by atoms with van der Waals surface area (Å²) < 4.78 is 25.1. The highest BCUT2D eigenvalue weighted by molar-refractivity contribution is 8.26. The van der Waals surface area contributed by atoms with Gasteiger partial charge >= 0.3 is 11.9 Å². The van der Waals surface area contributed by atoms with Crippen LogP contribution in [0.5, 0.6) is 11.5 Å². The van der Waals surface area contributed by atoms with Gasteiger partial charge in [-0.05, 0) is 52.4 Å². The van der Waals surface area contributed by atoms with E-state index in [-0.39, 0.29) is 48.4 Å². The highest BCUT2D eigenvalue weighted by Crippen LogP contribution is 2.68. The summed E-state index contributed by atoms with van der Waals surface area (Å²) in [7, 11) is 0. The van der Waals surface area contributed by atoms with E-state index in [4.69, 9.17) is 18.9 Å². The third-order valence-corrected chi connectivity index (χ3v) is 12.9. The summed E-state index contributed by atoms with van der Waals surface area (Å²) in [5, 5.41) is 20.2. The van der Waals surface area contributed by atoms with Crippen molar-refractivity contribution in [1.29, 1.82) is 10.5 Å². The van der Waals surface area contributed by atoms with E-state index >= 15 is 0 Å². The van der Waals surface area contributed by atoms with Gasteiger partial charge in [-0.15, -0.1) is 0 Å². The summed E-state index contributed by atoms with van der Waals surface area (Å²) >= 11 is 5.15. The van der Waals surface area contributed by atoms with E-state index in [1.807, 2.05) is 27.7 Å². The topological polar surface area (TPSA) is 119 Å². The van der Waals surface area contributed by atoms with Gasteiger partial charge in [-0.25, -0.2) is 9.59 Å². The summed E-state index contributed by atoms with van der Waals surface area (Å²) in [6, 6.07) is 4.19. The van der Waals surface area contributed by atoms with Crippen LogP contribution in [-0.4, -0.2) is 37.4 Å². The fourth-order valence-corrected chi connectivity index (χ4v) is 10.3. The van der Waals surface area contributed by atoms with Gasteiger partial charge < -0.3 is 18.9 Å². The molecule has 0 aromatic heterocycles. The van der Waals surface area contributed by atoms with Crippen molar-refractivity contribution in [1.82, 2.24) is 0 Å². The van der Waals surface area contributed by atoms with E-state index in [1.54, 1.807) is 0 Å². The van der Waals surface area contributed by atoms with Crippen LogP contribution in [-0.2, 0) is 19.1 Å². The first kappa shape index (κ1) is 40.1.